The summed E-state index contributed by atoms with van der Waals surface area (Å²) in [5, 5.41) is 2.83. The fraction of sp³-hybridized carbons (Fsp3) is 0.188. The molecule has 0 radical (unpaired) electrons. The van der Waals surface area contributed by atoms with E-state index in [0.717, 1.165) is 11.1 Å². The number of anilines is 1. The topological polar surface area (TPSA) is 55.1 Å². The molecule has 0 unspecified atom stereocenters. The van der Waals surface area contributed by atoms with Crippen LogP contribution in [0.4, 0.5) is 10.1 Å². The molecule has 0 bridgehead atoms. The maximum Gasteiger partial charge on any atom is 0.251 e. The number of rotatable bonds is 3. The minimum absolute atomic E-state index is 0.218. The fourth-order valence-electron chi connectivity index (χ4n) is 2.05. The molecule has 2 aromatic carbocycles. The summed E-state index contributed by atoms with van der Waals surface area (Å²) in [7, 11) is 0. The number of nitrogen functional groups attached to an aromatic ring is 1. The van der Waals surface area contributed by atoms with Crippen molar-refractivity contribution >= 4 is 11.6 Å². The molecular formula is C16H17FN2O. The molecule has 0 aliphatic heterocycles. The Bertz CT molecular complexity index is 653. The van der Waals surface area contributed by atoms with Crippen LogP contribution in [0, 0.1) is 19.7 Å². The van der Waals surface area contributed by atoms with Crippen LogP contribution >= 0.6 is 0 Å². The number of benzene rings is 2. The van der Waals surface area contributed by atoms with E-state index in [0.29, 0.717) is 23.4 Å². The lowest BCUT2D eigenvalue weighted by Crippen LogP contribution is -2.24. The van der Waals surface area contributed by atoms with Crippen molar-refractivity contribution in [2.75, 3.05) is 5.73 Å². The molecular weight excluding hydrogens is 255 g/mol. The Kier molecular flexibility index (Phi) is 4.03. The molecule has 0 atom stereocenters. The smallest absolute Gasteiger partial charge is 0.251 e. The van der Waals surface area contributed by atoms with Gasteiger partial charge in [0.1, 0.15) is 5.82 Å². The molecule has 3 N–H and O–H groups in total. The summed E-state index contributed by atoms with van der Waals surface area (Å²) in [6, 6.07) is 9.72. The predicted octanol–water partition coefficient (Wildman–Crippen LogP) is 2.95. The Labute approximate surface area is 117 Å². The molecule has 104 valence electrons. The SMILES string of the molecule is Cc1cc(F)ccc1C(=O)NCc1cccc(N)c1C. The zero-order valence-electron chi connectivity index (χ0n) is 11.5. The highest BCUT2D eigenvalue weighted by Crippen LogP contribution is 2.16. The number of hydrogen-bond donors (Lipinski definition) is 2. The summed E-state index contributed by atoms with van der Waals surface area (Å²) in [5.74, 6) is -0.560. The number of carbonyl (C=O) groups excluding carboxylic acids is 1. The highest BCUT2D eigenvalue weighted by Gasteiger charge is 2.10. The van der Waals surface area contributed by atoms with Crippen LogP contribution in [0.1, 0.15) is 27.0 Å². The second-order valence-corrected chi connectivity index (χ2v) is 4.77. The van der Waals surface area contributed by atoms with Gasteiger partial charge in [-0.15, -0.1) is 0 Å². The summed E-state index contributed by atoms with van der Waals surface area (Å²) >= 11 is 0. The number of aryl methyl sites for hydroxylation is 1. The Balaban J connectivity index is 2.11. The minimum atomic E-state index is -0.342. The Hall–Kier alpha value is -2.36. The Morgan fingerprint density at radius 3 is 2.70 bits per heavy atom. The highest BCUT2D eigenvalue weighted by molar-refractivity contribution is 5.95. The van der Waals surface area contributed by atoms with Gasteiger partial charge in [-0.2, -0.15) is 0 Å². The van der Waals surface area contributed by atoms with Crippen molar-refractivity contribution in [1.82, 2.24) is 5.32 Å². The first-order valence-electron chi connectivity index (χ1n) is 6.37. The van der Waals surface area contributed by atoms with Crippen LogP contribution in [0.3, 0.4) is 0 Å². The van der Waals surface area contributed by atoms with Gasteiger partial charge < -0.3 is 11.1 Å². The van der Waals surface area contributed by atoms with Gasteiger partial charge in [-0.3, -0.25) is 4.79 Å². The molecule has 0 aliphatic carbocycles. The van der Waals surface area contributed by atoms with E-state index in [9.17, 15) is 9.18 Å². The van der Waals surface area contributed by atoms with Gasteiger partial charge in [0.25, 0.3) is 5.91 Å². The summed E-state index contributed by atoms with van der Waals surface area (Å²) in [6.45, 7) is 4.02. The molecule has 0 aliphatic rings. The number of nitrogens with two attached hydrogens (primary N) is 1. The molecule has 0 saturated carbocycles. The lowest BCUT2D eigenvalue weighted by Gasteiger charge is -2.11. The fourth-order valence-corrected chi connectivity index (χ4v) is 2.05. The standard InChI is InChI=1S/C16H17FN2O/c1-10-8-13(17)6-7-14(10)16(20)19-9-12-4-3-5-15(18)11(12)2/h3-8H,9,18H2,1-2H3,(H,19,20). The molecule has 20 heavy (non-hydrogen) atoms. The van der Waals surface area contributed by atoms with E-state index >= 15 is 0 Å². The number of carbonyl (C=O) groups is 1. The van der Waals surface area contributed by atoms with E-state index in [-0.39, 0.29) is 11.7 Å². The van der Waals surface area contributed by atoms with Crippen molar-refractivity contribution in [3.63, 3.8) is 0 Å². The van der Waals surface area contributed by atoms with Crippen molar-refractivity contribution in [2.24, 2.45) is 0 Å². The maximum absolute atomic E-state index is 13.0. The van der Waals surface area contributed by atoms with Crippen molar-refractivity contribution < 1.29 is 9.18 Å². The summed E-state index contributed by atoms with van der Waals surface area (Å²) in [6.07, 6.45) is 0. The van der Waals surface area contributed by atoms with E-state index in [4.69, 9.17) is 5.73 Å². The average Bonchev–Trinajstić information content (AvgIpc) is 2.40. The second kappa shape index (κ2) is 5.74. The van der Waals surface area contributed by atoms with Gasteiger partial charge in [0.05, 0.1) is 0 Å². The molecule has 2 rings (SSSR count). The summed E-state index contributed by atoms with van der Waals surface area (Å²) < 4.78 is 13.0. The first kappa shape index (κ1) is 14.1. The monoisotopic (exact) mass is 272 g/mol. The van der Waals surface area contributed by atoms with E-state index < -0.39 is 0 Å². The zero-order valence-corrected chi connectivity index (χ0v) is 11.5. The number of amides is 1. The lowest BCUT2D eigenvalue weighted by atomic mass is 10.1. The van der Waals surface area contributed by atoms with Crippen LogP contribution in [0.15, 0.2) is 36.4 Å². The summed E-state index contributed by atoms with van der Waals surface area (Å²) in [4.78, 5) is 12.1. The van der Waals surface area contributed by atoms with Gasteiger partial charge in [-0.1, -0.05) is 12.1 Å². The third-order valence-electron chi connectivity index (χ3n) is 3.36. The van der Waals surface area contributed by atoms with E-state index in [2.05, 4.69) is 5.32 Å². The summed E-state index contributed by atoms with van der Waals surface area (Å²) in [5.41, 5.74) is 9.56. The molecule has 4 heteroatoms. The van der Waals surface area contributed by atoms with Crippen LogP contribution < -0.4 is 11.1 Å². The van der Waals surface area contributed by atoms with Crippen LogP contribution in [0.25, 0.3) is 0 Å². The van der Waals surface area contributed by atoms with Crippen LogP contribution in [0.5, 0.6) is 0 Å². The van der Waals surface area contributed by atoms with Crippen molar-refractivity contribution in [1.29, 1.82) is 0 Å². The maximum atomic E-state index is 13.0. The van der Waals surface area contributed by atoms with E-state index in [1.165, 1.54) is 18.2 Å². The van der Waals surface area contributed by atoms with Crippen LogP contribution in [-0.2, 0) is 6.54 Å². The molecule has 0 saturated heterocycles. The molecule has 3 nitrogen and oxygen atoms in total. The molecule has 0 heterocycles. The van der Waals surface area contributed by atoms with Crippen LogP contribution in [0.2, 0.25) is 0 Å². The average molecular weight is 272 g/mol. The number of nitrogens with one attached hydrogen (secondary N) is 1. The van der Waals surface area contributed by atoms with Gasteiger partial charge in [0.15, 0.2) is 0 Å². The minimum Gasteiger partial charge on any atom is -0.399 e. The molecule has 0 fully saturated rings. The second-order valence-electron chi connectivity index (χ2n) is 4.77. The largest absolute Gasteiger partial charge is 0.399 e. The van der Waals surface area contributed by atoms with Gasteiger partial charge >= 0.3 is 0 Å². The van der Waals surface area contributed by atoms with E-state index in [1.807, 2.05) is 25.1 Å². The number of hydrogen-bond acceptors (Lipinski definition) is 2. The van der Waals surface area contributed by atoms with E-state index in [1.54, 1.807) is 6.92 Å². The molecule has 1 amide bonds. The number of halogens is 1. The third-order valence-corrected chi connectivity index (χ3v) is 3.36. The van der Waals surface area contributed by atoms with Crippen LogP contribution in [-0.4, -0.2) is 5.91 Å². The van der Waals surface area contributed by atoms with Crippen molar-refractivity contribution in [3.8, 4) is 0 Å². The Morgan fingerprint density at radius 1 is 1.25 bits per heavy atom. The molecule has 2 aromatic rings. The quantitative estimate of drug-likeness (QED) is 0.844. The van der Waals surface area contributed by atoms with Gasteiger partial charge in [-0.25, -0.2) is 4.39 Å². The Morgan fingerprint density at radius 2 is 2.00 bits per heavy atom. The van der Waals surface area contributed by atoms with Gasteiger partial charge in [0.2, 0.25) is 0 Å². The van der Waals surface area contributed by atoms with Crippen molar-refractivity contribution in [3.05, 3.63) is 64.5 Å². The first-order chi connectivity index (χ1) is 9.49. The highest BCUT2D eigenvalue weighted by atomic mass is 19.1. The molecule has 0 spiro atoms. The zero-order chi connectivity index (χ0) is 14.7. The molecule has 0 aromatic heterocycles. The van der Waals surface area contributed by atoms with Gasteiger partial charge in [-0.05, 0) is 54.8 Å². The lowest BCUT2D eigenvalue weighted by molar-refractivity contribution is 0.0950. The normalized spacial score (nSPS) is 10.3. The third kappa shape index (κ3) is 2.96. The predicted molar refractivity (Wildman–Crippen MR) is 77.9 cm³/mol. The van der Waals surface area contributed by atoms with Gasteiger partial charge in [0, 0.05) is 17.8 Å². The first-order valence-corrected chi connectivity index (χ1v) is 6.37. The van der Waals surface area contributed by atoms with Crippen molar-refractivity contribution in [2.45, 2.75) is 20.4 Å².